The van der Waals surface area contributed by atoms with Crippen molar-refractivity contribution < 1.29 is 19.1 Å². The average Bonchev–Trinajstić information content (AvgIpc) is 3.64. The van der Waals surface area contributed by atoms with Crippen LogP contribution in [-0.2, 0) is 14.3 Å². The largest absolute Gasteiger partial charge is 0.465 e. The molecule has 224 valence electrons. The first-order valence-corrected chi connectivity index (χ1v) is 14.9. The third kappa shape index (κ3) is 5.71. The van der Waals surface area contributed by atoms with E-state index < -0.39 is 18.0 Å². The molecular weight excluding hydrogens is 588 g/mol. The molecule has 3 aromatic carbocycles. The summed E-state index contributed by atoms with van der Waals surface area (Å²) in [6.07, 6.45) is 5.18. The van der Waals surface area contributed by atoms with E-state index in [1.54, 1.807) is 35.9 Å². The number of allylic oxidation sites excluding steroid dienone is 1. The molecule has 0 aliphatic carbocycles. The van der Waals surface area contributed by atoms with E-state index in [2.05, 4.69) is 11.6 Å². The molecule has 0 saturated heterocycles. The summed E-state index contributed by atoms with van der Waals surface area (Å²) in [5.74, 6) is -1.10. The maximum absolute atomic E-state index is 14.2. The van der Waals surface area contributed by atoms with Crippen molar-refractivity contribution in [3.05, 3.63) is 151 Å². The van der Waals surface area contributed by atoms with Crippen molar-refractivity contribution in [1.82, 2.24) is 14.3 Å². The van der Waals surface area contributed by atoms with Gasteiger partial charge in [0, 0.05) is 17.3 Å². The van der Waals surface area contributed by atoms with Crippen molar-refractivity contribution in [2.24, 2.45) is 4.99 Å². The number of para-hydroxylation sites is 1. The maximum atomic E-state index is 14.2. The van der Waals surface area contributed by atoms with Crippen LogP contribution in [0.4, 0.5) is 0 Å². The SMILES string of the molecule is C=CCOC(=O)C1=C(C)N=c2sc(=Cc3cn(-c4ccccc4)nc3-c3ccccc3)c(=O)n2C1c1ccc(C(=O)OC)cc1. The smallest absolute Gasteiger partial charge is 0.338 e. The van der Waals surface area contributed by atoms with Crippen molar-refractivity contribution in [2.75, 3.05) is 13.7 Å². The quantitative estimate of drug-likeness (QED) is 0.186. The molecule has 0 amide bonds. The van der Waals surface area contributed by atoms with Crippen LogP contribution in [0.5, 0.6) is 0 Å². The van der Waals surface area contributed by atoms with E-state index in [4.69, 9.17) is 14.6 Å². The molecule has 0 spiro atoms. The van der Waals surface area contributed by atoms with Gasteiger partial charge in [-0.05, 0) is 42.8 Å². The molecule has 9 nitrogen and oxygen atoms in total. The van der Waals surface area contributed by atoms with Crippen molar-refractivity contribution in [3.8, 4) is 16.9 Å². The Morgan fingerprint density at radius 3 is 2.33 bits per heavy atom. The summed E-state index contributed by atoms with van der Waals surface area (Å²) in [5, 5.41) is 4.87. The highest BCUT2D eigenvalue weighted by molar-refractivity contribution is 7.07. The molecule has 0 saturated carbocycles. The molecule has 0 N–H and O–H groups in total. The van der Waals surface area contributed by atoms with Gasteiger partial charge in [0.1, 0.15) is 6.61 Å². The number of methoxy groups -OCH3 is 1. The van der Waals surface area contributed by atoms with Gasteiger partial charge in [-0.15, -0.1) is 0 Å². The van der Waals surface area contributed by atoms with Gasteiger partial charge in [-0.3, -0.25) is 9.36 Å². The molecule has 0 bridgehead atoms. The van der Waals surface area contributed by atoms with E-state index in [1.807, 2.05) is 72.9 Å². The fraction of sp³-hybridized carbons (Fsp3) is 0.114. The van der Waals surface area contributed by atoms with Crippen LogP contribution in [0.1, 0.15) is 34.5 Å². The van der Waals surface area contributed by atoms with Gasteiger partial charge in [-0.2, -0.15) is 5.10 Å². The van der Waals surface area contributed by atoms with E-state index in [1.165, 1.54) is 29.1 Å². The number of rotatable bonds is 8. The maximum Gasteiger partial charge on any atom is 0.338 e. The van der Waals surface area contributed by atoms with Crippen LogP contribution in [0.2, 0.25) is 0 Å². The second kappa shape index (κ2) is 12.6. The first-order chi connectivity index (χ1) is 21.9. The number of hydrogen-bond donors (Lipinski definition) is 0. The molecule has 45 heavy (non-hydrogen) atoms. The Bertz CT molecular complexity index is 2130. The van der Waals surface area contributed by atoms with Crippen LogP contribution in [0.15, 0.2) is 125 Å². The van der Waals surface area contributed by atoms with Crippen molar-refractivity contribution >= 4 is 29.4 Å². The van der Waals surface area contributed by atoms with Gasteiger partial charge in [-0.25, -0.2) is 19.3 Å². The summed E-state index contributed by atoms with van der Waals surface area (Å²) in [6, 6.07) is 25.3. The second-order valence-electron chi connectivity index (χ2n) is 10.2. The minimum absolute atomic E-state index is 0.00169. The lowest BCUT2D eigenvalue weighted by Crippen LogP contribution is -2.40. The zero-order valence-electron chi connectivity index (χ0n) is 24.5. The number of aromatic nitrogens is 3. The fourth-order valence-electron chi connectivity index (χ4n) is 5.20. The molecule has 5 aromatic rings. The van der Waals surface area contributed by atoms with Crippen LogP contribution < -0.4 is 14.9 Å². The zero-order chi connectivity index (χ0) is 31.5. The Morgan fingerprint density at radius 1 is 0.978 bits per heavy atom. The minimum atomic E-state index is -0.840. The molecule has 1 aliphatic rings. The van der Waals surface area contributed by atoms with Gasteiger partial charge in [0.15, 0.2) is 4.80 Å². The molecule has 6 rings (SSSR count). The van der Waals surface area contributed by atoms with E-state index in [9.17, 15) is 14.4 Å². The number of thiazole rings is 1. The Labute approximate surface area is 262 Å². The van der Waals surface area contributed by atoms with Crippen LogP contribution in [-0.4, -0.2) is 40.0 Å². The average molecular weight is 617 g/mol. The van der Waals surface area contributed by atoms with Crippen LogP contribution in [0.3, 0.4) is 0 Å². The Kier molecular flexibility index (Phi) is 8.22. The van der Waals surface area contributed by atoms with Gasteiger partial charge in [0.25, 0.3) is 5.56 Å². The number of carbonyl (C=O) groups is 2. The summed E-state index contributed by atoms with van der Waals surface area (Å²) < 4.78 is 14.0. The topological polar surface area (TPSA) is 105 Å². The lowest BCUT2D eigenvalue weighted by atomic mass is 9.95. The minimum Gasteiger partial charge on any atom is -0.465 e. The first kappa shape index (κ1) is 29.5. The molecule has 1 atom stereocenters. The standard InChI is InChI=1S/C35H28N4O5S/c1-4-19-44-34(42)29-22(2)36-35-39(31(29)24-15-17-25(18-16-24)33(41)43-3)32(40)28(45-35)20-26-21-38(27-13-9-6-10-14-27)37-30(26)23-11-7-5-8-12-23/h4-18,20-21,31H,1,19H2,2-3H3. The zero-order valence-corrected chi connectivity index (χ0v) is 25.4. The van der Waals surface area contributed by atoms with E-state index in [-0.39, 0.29) is 17.7 Å². The van der Waals surface area contributed by atoms with E-state index in [0.717, 1.165) is 16.8 Å². The number of nitrogens with zero attached hydrogens (tertiary/aromatic N) is 4. The molecular formula is C35H28N4O5S. The predicted octanol–water partition coefficient (Wildman–Crippen LogP) is 4.60. The summed E-state index contributed by atoms with van der Waals surface area (Å²) in [5.41, 5.74) is 4.52. The van der Waals surface area contributed by atoms with Gasteiger partial charge < -0.3 is 9.47 Å². The number of ether oxygens (including phenoxy) is 2. The summed E-state index contributed by atoms with van der Waals surface area (Å²) >= 11 is 1.23. The van der Waals surface area contributed by atoms with Gasteiger partial charge in [0.2, 0.25) is 0 Å². The number of fused-ring (bicyclic) bond motifs is 1. The van der Waals surface area contributed by atoms with Crippen molar-refractivity contribution in [2.45, 2.75) is 13.0 Å². The number of esters is 2. The van der Waals surface area contributed by atoms with Crippen LogP contribution >= 0.6 is 11.3 Å². The number of benzene rings is 3. The van der Waals surface area contributed by atoms with Crippen LogP contribution in [0, 0.1) is 0 Å². The van der Waals surface area contributed by atoms with Gasteiger partial charge in [-0.1, -0.05) is 84.7 Å². The van der Waals surface area contributed by atoms with Gasteiger partial charge in [0.05, 0.1) is 45.9 Å². The Hall–Kier alpha value is -5.61. The fourth-order valence-corrected chi connectivity index (χ4v) is 6.23. The number of carbonyl (C=O) groups excluding carboxylic acids is 2. The normalized spacial score (nSPS) is 14.4. The highest BCUT2D eigenvalue weighted by atomic mass is 32.1. The lowest BCUT2D eigenvalue weighted by Gasteiger charge is -2.24. The Morgan fingerprint density at radius 2 is 1.67 bits per heavy atom. The van der Waals surface area contributed by atoms with E-state index >= 15 is 0 Å². The van der Waals surface area contributed by atoms with Gasteiger partial charge >= 0.3 is 11.9 Å². The molecule has 1 aliphatic heterocycles. The lowest BCUT2D eigenvalue weighted by molar-refractivity contribution is -0.138. The predicted molar refractivity (Wildman–Crippen MR) is 172 cm³/mol. The molecule has 3 heterocycles. The van der Waals surface area contributed by atoms with E-state index in [0.29, 0.717) is 31.9 Å². The number of hydrogen-bond acceptors (Lipinski definition) is 8. The first-order valence-electron chi connectivity index (χ1n) is 14.1. The van der Waals surface area contributed by atoms with Crippen LogP contribution in [0.25, 0.3) is 23.0 Å². The molecule has 0 radical (unpaired) electrons. The molecule has 0 fully saturated rings. The third-order valence-electron chi connectivity index (χ3n) is 7.32. The molecule has 10 heteroatoms. The summed E-state index contributed by atoms with van der Waals surface area (Å²) in [6.45, 7) is 5.35. The third-order valence-corrected chi connectivity index (χ3v) is 8.30. The van der Waals surface area contributed by atoms with Crippen molar-refractivity contribution in [3.63, 3.8) is 0 Å². The molecule has 1 unspecified atom stereocenters. The van der Waals surface area contributed by atoms with Crippen molar-refractivity contribution in [1.29, 1.82) is 0 Å². The molecule has 2 aromatic heterocycles. The monoisotopic (exact) mass is 616 g/mol. The highest BCUT2D eigenvalue weighted by Gasteiger charge is 2.33. The summed E-state index contributed by atoms with van der Waals surface area (Å²) in [7, 11) is 1.31. The Balaban J connectivity index is 1.53. The summed E-state index contributed by atoms with van der Waals surface area (Å²) in [4.78, 5) is 44.8. The second-order valence-corrected chi connectivity index (χ2v) is 11.2. The highest BCUT2D eigenvalue weighted by Crippen LogP contribution is 2.31.